The summed E-state index contributed by atoms with van der Waals surface area (Å²) in [7, 11) is 0. The molecule has 0 saturated carbocycles. The van der Waals surface area contributed by atoms with E-state index in [1.165, 1.54) is 0 Å². The number of aromatic hydroxyl groups is 1. The molecule has 1 atom stereocenters. The summed E-state index contributed by atoms with van der Waals surface area (Å²) in [6.07, 6.45) is 0.902. The molecular weight excluding hydrogens is 304 g/mol. The average molecular weight is 322 g/mol. The van der Waals surface area contributed by atoms with Gasteiger partial charge in [-0.25, -0.2) is 9.97 Å². The van der Waals surface area contributed by atoms with Gasteiger partial charge in [0.1, 0.15) is 17.7 Å². The van der Waals surface area contributed by atoms with Crippen LogP contribution in [0.25, 0.3) is 11.4 Å². The van der Waals surface area contributed by atoms with Crippen LogP contribution in [0.2, 0.25) is 0 Å². The second kappa shape index (κ2) is 7.06. The van der Waals surface area contributed by atoms with Crippen LogP contribution >= 0.6 is 0 Å². The monoisotopic (exact) mass is 322 g/mol. The van der Waals surface area contributed by atoms with Gasteiger partial charge in [0.25, 0.3) is 0 Å². The molecule has 0 radical (unpaired) electrons. The summed E-state index contributed by atoms with van der Waals surface area (Å²) >= 11 is 0. The molecule has 6 heteroatoms. The first-order valence-corrected chi connectivity index (χ1v) is 7.60. The number of benzene rings is 1. The fraction of sp³-hybridized carbons (Fsp3) is 0.167. The molecule has 0 aliphatic carbocycles. The number of para-hydroxylation sites is 1. The highest BCUT2D eigenvalue weighted by Crippen LogP contribution is 2.26. The van der Waals surface area contributed by atoms with Gasteiger partial charge in [0.2, 0.25) is 0 Å². The number of aryl methyl sites for hydroxylation is 1. The van der Waals surface area contributed by atoms with E-state index >= 15 is 0 Å². The first-order chi connectivity index (χ1) is 11.6. The van der Waals surface area contributed by atoms with Crippen molar-refractivity contribution in [1.29, 1.82) is 0 Å². The molecule has 122 valence electrons. The van der Waals surface area contributed by atoms with Crippen molar-refractivity contribution in [2.24, 2.45) is 0 Å². The Labute approximate surface area is 139 Å². The maximum atomic E-state index is 10.2. The first-order valence-electron chi connectivity index (χ1n) is 7.60. The second-order valence-corrected chi connectivity index (χ2v) is 5.39. The summed E-state index contributed by atoms with van der Waals surface area (Å²) in [4.78, 5) is 12.9. The van der Waals surface area contributed by atoms with E-state index in [1.807, 2.05) is 19.1 Å². The van der Waals surface area contributed by atoms with Crippen molar-refractivity contribution in [2.45, 2.75) is 13.0 Å². The summed E-state index contributed by atoms with van der Waals surface area (Å²) < 4.78 is 0. The largest absolute Gasteiger partial charge is 0.507 e. The topological polar surface area (TPSA) is 91.2 Å². The molecule has 1 aromatic carbocycles. The number of aromatic nitrogens is 3. The van der Waals surface area contributed by atoms with Gasteiger partial charge in [-0.2, -0.15) is 0 Å². The van der Waals surface area contributed by atoms with Crippen LogP contribution in [-0.4, -0.2) is 31.7 Å². The molecule has 0 aliphatic heterocycles. The van der Waals surface area contributed by atoms with E-state index in [0.29, 0.717) is 22.9 Å². The highest BCUT2D eigenvalue weighted by Gasteiger charge is 2.11. The summed E-state index contributed by atoms with van der Waals surface area (Å²) in [6.45, 7) is 2.12. The number of aliphatic hydroxyl groups is 1. The van der Waals surface area contributed by atoms with Crippen molar-refractivity contribution in [3.05, 3.63) is 66.1 Å². The van der Waals surface area contributed by atoms with Gasteiger partial charge in [0.15, 0.2) is 5.82 Å². The minimum Gasteiger partial charge on any atom is -0.507 e. The predicted octanol–water partition coefficient (Wildman–Crippen LogP) is 2.70. The zero-order valence-corrected chi connectivity index (χ0v) is 13.2. The van der Waals surface area contributed by atoms with Crippen molar-refractivity contribution >= 4 is 5.82 Å². The molecule has 6 nitrogen and oxygen atoms in total. The van der Waals surface area contributed by atoms with Gasteiger partial charge in [-0.1, -0.05) is 18.2 Å². The van der Waals surface area contributed by atoms with Crippen molar-refractivity contribution in [3.8, 4) is 17.1 Å². The zero-order chi connectivity index (χ0) is 16.9. The van der Waals surface area contributed by atoms with Gasteiger partial charge in [-0.15, -0.1) is 0 Å². The Morgan fingerprint density at radius 2 is 1.88 bits per heavy atom. The maximum Gasteiger partial charge on any atom is 0.165 e. The summed E-state index contributed by atoms with van der Waals surface area (Å²) in [5.41, 5.74) is 1.92. The molecule has 0 spiro atoms. The van der Waals surface area contributed by atoms with E-state index in [2.05, 4.69) is 20.3 Å². The normalized spacial score (nSPS) is 11.9. The number of aliphatic hydroxyl groups excluding tert-OH is 1. The van der Waals surface area contributed by atoms with Gasteiger partial charge in [0, 0.05) is 24.5 Å². The summed E-state index contributed by atoms with van der Waals surface area (Å²) in [5.74, 6) is 1.14. The fourth-order valence-corrected chi connectivity index (χ4v) is 2.32. The number of anilines is 1. The minimum atomic E-state index is -0.741. The number of pyridine rings is 1. The highest BCUT2D eigenvalue weighted by atomic mass is 16.3. The zero-order valence-electron chi connectivity index (χ0n) is 13.2. The summed E-state index contributed by atoms with van der Waals surface area (Å²) in [6, 6.07) is 14.1. The van der Waals surface area contributed by atoms with Crippen molar-refractivity contribution in [3.63, 3.8) is 0 Å². The van der Waals surface area contributed by atoms with Crippen molar-refractivity contribution in [1.82, 2.24) is 15.0 Å². The Hall–Kier alpha value is -2.99. The number of hydrogen-bond acceptors (Lipinski definition) is 6. The number of nitrogens with zero attached hydrogens (tertiary/aromatic N) is 3. The van der Waals surface area contributed by atoms with E-state index in [4.69, 9.17) is 0 Å². The van der Waals surface area contributed by atoms with Crippen LogP contribution in [0.4, 0.5) is 5.82 Å². The highest BCUT2D eigenvalue weighted by molar-refractivity contribution is 5.64. The van der Waals surface area contributed by atoms with Crippen LogP contribution < -0.4 is 5.32 Å². The number of phenolic OH excluding ortho intramolecular Hbond substituents is 1. The van der Waals surface area contributed by atoms with Crippen LogP contribution in [0.3, 0.4) is 0 Å². The quantitative estimate of drug-likeness (QED) is 0.669. The fourth-order valence-electron chi connectivity index (χ4n) is 2.32. The Kier molecular flexibility index (Phi) is 4.67. The van der Waals surface area contributed by atoms with Gasteiger partial charge < -0.3 is 15.5 Å². The third-order valence-electron chi connectivity index (χ3n) is 3.50. The number of hydrogen-bond donors (Lipinski definition) is 3. The lowest BCUT2D eigenvalue weighted by Crippen LogP contribution is -2.14. The molecule has 0 unspecified atom stereocenters. The van der Waals surface area contributed by atoms with E-state index in [1.54, 1.807) is 42.6 Å². The molecule has 24 heavy (non-hydrogen) atoms. The lowest BCUT2D eigenvalue weighted by molar-refractivity contribution is 0.186. The molecule has 0 fully saturated rings. The average Bonchev–Trinajstić information content (AvgIpc) is 2.60. The molecule has 0 aliphatic rings. The smallest absolute Gasteiger partial charge is 0.165 e. The van der Waals surface area contributed by atoms with Crippen molar-refractivity contribution < 1.29 is 10.2 Å². The van der Waals surface area contributed by atoms with Gasteiger partial charge in [-0.3, -0.25) is 4.98 Å². The maximum absolute atomic E-state index is 10.2. The van der Waals surface area contributed by atoms with Gasteiger partial charge in [0.05, 0.1) is 11.3 Å². The molecule has 0 saturated heterocycles. The number of nitrogens with one attached hydrogen (secondary N) is 1. The molecular formula is C18H18N4O2. The van der Waals surface area contributed by atoms with Crippen LogP contribution in [0.1, 0.15) is 17.5 Å². The van der Waals surface area contributed by atoms with E-state index in [0.717, 1.165) is 5.69 Å². The van der Waals surface area contributed by atoms with Crippen LogP contribution in [-0.2, 0) is 0 Å². The van der Waals surface area contributed by atoms with E-state index in [-0.39, 0.29) is 12.3 Å². The lowest BCUT2D eigenvalue weighted by Gasteiger charge is -2.13. The molecule has 2 heterocycles. The third kappa shape index (κ3) is 3.67. The van der Waals surface area contributed by atoms with Gasteiger partial charge >= 0.3 is 0 Å². The molecule has 2 aromatic heterocycles. The standard InChI is InChI=1S/C18H18N4O2/c1-12-10-17(20-11-16(24)14-7-4-5-9-19-14)22-18(21-12)13-6-2-3-8-15(13)23/h2-10,16,23-24H,11H2,1H3,(H,20,21,22)/t16-/m1/s1. The summed E-state index contributed by atoms with van der Waals surface area (Å²) in [5, 5.41) is 23.2. The lowest BCUT2D eigenvalue weighted by atomic mass is 10.2. The molecule has 3 rings (SSSR count). The Balaban J connectivity index is 1.78. The van der Waals surface area contributed by atoms with E-state index < -0.39 is 6.10 Å². The third-order valence-corrected chi connectivity index (χ3v) is 3.50. The molecule has 0 bridgehead atoms. The van der Waals surface area contributed by atoms with Crippen LogP contribution in [0.15, 0.2) is 54.7 Å². The Morgan fingerprint density at radius 1 is 1.08 bits per heavy atom. The van der Waals surface area contributed by atoms with Crippen molar-refractivity contribution in [2.75, 3.05) is 11.9 Å². The molecule has 3 N–H and O–H groups in total. The number of rotatable bonds is 5. The second-order valence-electron chi connectivity index (χ2n) is 5.39. The van der Waals surface area contributed by atoms with Crippen LogP contribution in [0.5, 0.6) is 5.75 Å². The first kappa shape index (κ1) is 15.9. The molecule has 3 aromatic rings. The Morgan fingerprint density at radius 3 is 2.62 bits per heavy atom. The predicted molar refractivity (Wildman–Crippen MR) is 91.6 cm³/mol. The Bertz CT molecular complexity index is 824. The minimum absolute atomic E-state index is 0.127. The van der Waals surface area contributed by atoms with E-state index in [9.17, 15) is 10.2 Å². The number of phenols is 1. The van der Waals surface area contributed by atoms with Crippen LogP contribution in [0, 0.1) is 6.92 Å². The molecule has 0 amide bonds. The van der Waals surface area contributed by atoms with Gasteiger partial charge in [-0.05, 0) is 31.2 Å². The SMILES string of the molecule is Cc1cc(NC[C@@H](O)c2ccccn2)nc(-c2ccccc2O)n1.